The molecule has 0 saturated heterocycles. The number of nitrogens with zero attached hydrogens (tertiary/aromatic N) is 1. The summed E-state index contributed by atoms with van der Waals surface area (Å²) in [5.41, 5.74) is 15.8. The zero-order valence-corrected chi connectivity index (χ0v) is 29.7. The summed E-state index contributed by atoms with van der Waals surface area (Å²) in [6.45, 7) is 0. The molecule has 0 aromatic heterocycles. The predicted octanol–water partition coefficient (Wildman–Crippen LogP) is 10.9. The lowest BCUT2D eigenvalue weighted by Gasteiger charge is -2.45. The van der Waals surface area contributed by atoms with Crippen LogP contribution in [-0.4, -0.2) is 0 Å². The minimum absolute atomic E-state index is 0.00638. The first-order chi connectivity index (χ1) is 26.8. The number of benzene rings is 8. The molecule has 8 aromatic rings. The van der Waals surface area contributed by atoms with Crippen LogP contribution in [0.4, 0.5) is 17.1 Å². The van der Waals surface area contributed by atoms with Crippen molar-refractivity contribution in [3.63, 3.8) is 0 Å². The van der Waals surface area contributed by atoms with E-state index in [1.165, 1.54) is 72.2 Å². The molecule has 0 saturated carbocycles. The van der Waals surface area contributed by atoms with Crippen molar-refractivity contribution in [2.75, 3.05) is 4.90 Å². The molecule has 8 aromatic carbocycles. The largest absolute Gasteiger partial charge is 0.332 e. The monoisotopic (exact) mass is 692 g/mol. The van der Waals surface area contributed by atoms with Gasteiger partial charge in [0.05, 0.1) is 16.8 Å². The third-order valence-electron chi connectivity index (χ3n) is 11.8. The Hall–Kier alpha value is -6.68. The molecule has 2 unspecified atom stereocenters. The van der Waals surface area contributed by atoms with Gasteiger partial charge < -0.3 is 15.5 Å². The van der Waals surface area contributed by atoms with Crippen LogP contribution in [0.15, 0.2) is 200 Å². The molecule has 3 nitrogen and oxygen atoms in total. The van der Waals surface area contributed by atoms with E-state index in [0.717, 1.165) is 11.4 Å². The van der Waals surface area contributed by atoms with Gasteiger partial charge in [0, 0.05) is 28.6 Å². The average molecular weight is 693 g/mol. The lowest BCUT2D eigenvalue weighted by atomic mass is 9.63. The van der Waals surface area contributed by atoms with Crippen LogP contribution in [0.2, 0.25) is 0 Å². The van der Waals surface area contributed by atoms with Crippen LogP contribution in [0.5, 0.6) is 0 Å². The van der Waals surface area contributed by atoms with Crippen molar-refractivity contribution in [2.45, 2.75) is 17.6 Å². The number of hydrogen-bond acceptors (Lipinski definition) is 2. The maximum atomic E-state index is 3.98. The van der Waals surface area contributed by atoms with E-state index in [-0.39, 0.29) is 12.2 Å². The predicted molar refractivity (Wildman–Crippen MR) is 221 cm³/mol. The van der Waals surface area contributed by atoms with Crippen LogP contribution in [0.3, 0.4) is 0 Å². The van der Waals surface area contributed by atoms with E-state index in [0.29, 0.717) is 0 Å². The second-order valence-electron chi connectivity index (χ2n) is 14.7. The fraction of sp³-hybridized carbons (Fsp3) is 0.0588. The fourth-order valence-electron chi connectivity index (χ4n) is 9.58. The van der Waals surface area contributed by atoms with Crippen LogP contribution < -0.4 is 15.5 Å². The van der Waals surface area contributed by atoms with E-state index in [2.05, 4.69) is 216 Å². The quantitative estimate of drug-likeness (QED) is 0.192. The van der Waals surface area contributed by atoms with Crippen molar-refractivity contribution >= 4 is 33.5 Å². The Morgan fingerprint density at radius 3 is 1.85 bits per heavy atom. The van der Waals surface area contributed by atoms with Gasteiger partial charge in [-0.25, -0.2) is 0 Å². The first-order valence-electron chi connectivity index (χ1n) is 18.9. The van der Waals surface area contributed by atoms with Gasteiger partial charge in [-0.05, 0) is 80.0 Å². The van der Waals surface area contributed by atoms with Gasteiger partial charge in [-0.15, -0.1) is 0 Å². The summed E-state index contributed by atoms with van der Waals surface area (Å²) < 4.78 is 0. The van der Waals surface area contributed by atoms with Crippen LogP contribution in [0.25, 0.3) is 27.6 Å². The lowest BCUT2D eigenvalue weighted by molar-refractivity contribution is -0.731. The molecule has 2 atom stereocenters. The smallest absolute Gasteiger partial charge is 0.186 e. The van der Waals surface area contributed by atoms with Crippen molar-refractivity contribution in [2.24, 2.45) is 0 Å². The molecule has 2 heterocycles. The van der Waals surface area contributed by atoms with E-state index in [1.54, 1.807) is 0 Å². The maximum Gasteiger partial charge on any atom is 0.186 e. The molecule has 1 aliphatic carbocycles. The Morgan fingerprint density at radius 2 is 1.11 bits per heavy atom. The zero-order valence-electron chi connectivity index (χ0n) is 29.7. The minimum Gasteiger partial charge on any atom is -0.332 e. The van der Waals surface area contributed by atoms with Crippen LogP contribution in [-0.2, 0) is 5.41 Å². The summed E-state index contributed by atoms with van der Waals surface area (Å²) in [4.78, 5) is 2.46. The number of nitrogens with two attached hydrogens (primary N) is 1. The third-order valence-corrected chi connectivity index (χ3v) is 11.8. The molecule has 0 radical (unpaired) electrons. The molecule has 11 rings (SSSR count). The molecular formula is C51H38N3+. The first kappa shape index (κ1) is 30.9. The molecule has 0 fully saturated rings. The van der Waals surface area contributed by atoms with Gasteiger partial charge in [0.25, 0.3) is 0 Å². The van der Waals surface area contributed by atoms with Crippen molar-refractivity contribution in [3.05, 3.63) is 239 Å². The summed E-state index contributed by atoms with van der Waals surface area (Å²) in [6, 6.07) is 71.7. The number of hydrogen-bond donors (Lipinski definition) is 2. The lowest BCUT2D eigenvalue weighted by Crippen LogP contribution is -2.89. The van der Waals surface area contributed by atoms with Gasteiger partial charge in [0.15, 0.2) is 6.17 Å². The molecule has 2 aliphatic heterocycles. The topological polar surface area (TPSA) is 31.9 Å². The molecular weight excluding hydrogens is 655 g/mol. The van der Waals surface area contributed by atoms with Crippen molar-refractivity contribution in [1.29, 1.82) is 0 Å². The molecule has 0 amide bonds. The Morgan fingerprint density at radius 1 is 0.500 bits per heavy atom. The van der Waals surface area contributed by atoms with Crippen molar-refractivity contribution in [1.82, 2.24) is 5.32 Å². The van der Waals surface area contributed by atoms with Gasteiger partial charge in [-0.3, -0.25) is 0 Å². The normalized spacial score (nSPS) is 17.6. The molecule has 3 heteroatoms. The van der Waals surface area contributed by atoms with E-state index in [4.69, 9.17) is 0 Å². The fourth-order valence-corrected chi connectivity index (χ4v) is 9.58. The highest BCUT2D eigenvalue weighted by Gasteiger charge is 2.52. The molecule has 0 bridgehead atoms. The standard InChI is InChI=1S/C51H37N3/c1-4-17-35(18-5-1)45-33-46(36-19-6-2-7-20-36)53-50(52-45)37-29-30-40-41-31-28-34-16-10-11-23-39(34)49(41)51(44(40)32-37)42-24-12-14-26-47(42)54(38-21-8-3-9-22-38)48-27-15-13-25-43(48)51/h1-33,45,50,52-53H/p+1. The number of para-hydroxylation sites is 3. The van der Waals surface area contributed by atoms with Crippen LogP contribution >= 0.6 is 0 Å². The summed E-state index contributed by atoms with van der Waals surface area (Å²) in [5.74, 6) is 0. The molecule has 3 N–H and O–H groups in total. The summed E-state index contributed by atoms with van der Waals surface area (Å²) in [6.07, 6.45) is 2.37. The molecule has 256 valence electrons. The Balaban J connectivity index is 1.18. The summed E-state index contributed by atoms with van der Waals surface area (Å²) in [7, 11) is 0. The zero-order chi connectivity index (χ0) is 35.6. The molecule has 3 aliphatic rings. The average Bonchev–Trinajstić information content (AvgIpc) is 3.55. The van der Waals surface area contributed by atoms with E-state index >= 15 is 0 Å². The van der Waals surface area contributed by atoms with Crippen LogP contribution in [0, 0.1) is 0 Å². The highest BCUT2D eigenvalue weighted by Crippen LogP contribution is 2.64. The number of quaternary nitrogens is 1. The minimum atomic E-state index is -0.550. The van der Waals surface area contributed by atoms with Crippen molar-refractivity contribution in [3.8, 4) is 11.1 Å². The highest BCUT2D eigenvalue weighted by molar-refractivity contribution is 6.03. The van der Waals surface area contributed by atoms with Gasteiger partial charge in [0.2, 0.25) is 0 Å². The molecule has 1 spiro atoms. The second-order valence-corrected chi connectivity index (χ2v) is 14.7. The highest BCUT2D eigenvalue weighted by atomic mass is 15.2. The second kappa shape index (κ2) is 12.2. The van der Waals surface area contributed by atoms with Gasteiger partial charge in [0.1, 0.15) is 6.04 Å². The van der Waals surface area contributed by atoms with Gasteiger partial charge >= 0.3 is 0 Å². The van der Waals surface area contributed by atoms with Crippen LogP contribution in [0.1, 0.15) is 51.2 Å². The Bertz CT molecular complexity index is 2690. The number of anilines is 3. The third kappa shape index (κ3) is 4.52. The van der Waals surface area contributed by atoms with Gasteiger partial charge in [-0.1, -0.05) is 164 Å². The van der Waals surface area contributed by atoms with Crippen molar-refractivity contribution < 1.29 is 5.32 Å². The van der Waals surface area contributed by atoms with E-state index in [9.17, 15) is 0 Å². The summed E-state index contributed by atoms with van der Waals surface area (Å²) in [5, 5.41) is 9.02. The number of fused-ring (bicyclic) bond motifs is 11. The number of rotatable bonds is 4. The maximum absolute atomic E-state index is 3.98. The number of nitrogens with one attached hydrogen (secondary N) is 1. The summed E-state index contributed by atoms with van der Waals surface area (Å²) >= 11 is 0. The Labute approximate surface area is 315 Å². The van der Waals surface area contributed by atoms with E-state index < -0.39 is 5.41 Å². The Kier molecular flexibility index (Phi) is 6.98. The SMILES string of the molecule is C1=C(c2ccccc2)NC(c2ccc3c(c2)C2(c4ccccc4N(c4ccccc4)c4ccccc42)c2c-3ccc3ccccc23)[NH2+]C1c1ccccc1. The van der Waals surface area contributed by atoms with Gasteiger partial charge in [-0.2, -0.15) is 0 Å². The van der Waals surface area contributed by atoms with E-state index in [1.807, 2.05) is 0 Å². The molecule has 54 heavy (non-hydrogen) atoms. The first-order valence-corrected chi connectivity index (χ1v) is 18.9.